The number of carbonyl (C=O) groups excluding carboxylic acids is 3. The number of anilines is 1. The fraction of sp³-hybridized carbons (Fsp3) is 0.483. The van der Waals surface area contributed by atoms with Crippen molar-refractivity contribution in [3.63, 3.8) is 0 Å². The second-order valence-corrected chi connectivity index (χ2v) is 10.7. The number of para-hydroxylation sites is 1. The summed E-state index contributed by atoms with van der Waals surface area (Å²) in [6.45, 7) is 12.9. The lowest BCUT2D eigenvalue weighted by Crippen LogP contribution is -2.56. The van der Waals surface area contributed by atoms with Crippen molar-refractivity contribution in [3.8, 4) is 0 Å². The Morgan fingerprint density at radius 2 is 1.64 bits per heavy atom. The Kier molecular flexibility index (Phi) is 8.43. The molecular formula is C29H39N3O4. The number of rotatable bonds is 7. The molecule has 2 N–H and O–H groups in total. The highest BCUT2D eigenvalue weighted by Crippen LogP contribution is 2.35. The van der Waals surface area contributed by atoms with Gasteiger partial charge in [0.25, 0.3) is 5.91 Å². The van der Waals surface area contributed by atoms with Gasteiger partial charge in [0.15, 0.2) is 0 Å². The van der Waals surface area contributed by atoms with Crippen LogP contribution in [0.2, 0.25) is 0 Å². The fourth-order valence-corrected chi connectivity index (χ4v) is 4.24. The molecule has 7 nitrogen and oxygen atoms in total. The molecule has 0 heterocycles. The molecule has 3 amide bonds. The molecule has 0 aliphatic heterocycles. The Hall–Kier alpha value is -3.35. The van der Waals surface area contributed by atoms with Gasteiger partial charge in [0.05, 0.1) is 0 Å². The summed E-state index contributed by atoms with van der Waals surface area (Å²) in [7, 11) is 0. The van der Waals surface area contributed by atoms with Crippen LogP contribution in [0, 0.1) is 20.8 Å². The summed E-state index contributed by atoms with van der Waals surface area (Å²) in [5.41, 5.74) is 3.85. The zero-order valence-corrected chi connectivity index (χ0v) is 22.5. The number of hydrogen-bond donors (Lipinski definition) is 2. The number of nitrogens with one attached hydrogen (secondary N) is 2. The molecule has 2 aromatic rings. The van der Waals surface area contributed by atoms with Crippen molar-refractivity contribution in [1.82, 2.24) is 10.2 Å². The molecule has 1 aliphatic rings. The molecule has 2 aromatic carbocycles. The van der Waals surface area contributed by atoms with E-state index >= 15 is 0 Å². The Bertz CT molecular complexity index is 1120. The van der Waals surface area contributed by atoms with Crippen LogP contribution in [-0.2, 0) is 14.3 Å². The number of amides is 3. The van der Waals surface area contributed by atoms with E-state index in [-0.39, 0.29) is 17.9 Å². The number of nitrogens with zero attached hydrogens (tertiary/aromatic N) is 1. The van der Waals surface area contributed by atoms with Crippen LogP contribution in [0.15, 0.2) is 42.5 Å². The standard InChI is InChI=1S/C29H39N3O4/c1-18-15-16-22(17-20(18)3)25(26(33)31-24-14-9-8-11-19(24)2)32(23-12-10-13-23)27(34)21(4)30-28(35)36-29(5,6)7/h8-9,11,14-17,21,23,25H,10,12-13H2,1-7H3,(H,30,35)(H,31,33). The zero-order chi connectivity index (χ0) is 26.6. The van der Waals surface area contributed by atoms with Gasteiger partial charge in [-0.2, -0.15) is 0 Å². The van der Waals surface area contributed by atoms with Gasteiger partial charge in [-0.1, -0.05) is 36.4 Å². The quantitative estimate of drug-likeness (QED) is 0.527. The summed E-state index contributed by atoms with van der Waals surface area (Å²) in [6.07, 6.45) is 1.94. The predicted octanol–water partition coefficient (Wildman–Crippen LogP) is 5.59. The smallest absolute Gasteiger partial charge is 0.408 e. The Morgan fingerprint density at radius 3 is 2.19 bits per heavy atom. The Balaban J connectivity index is 1.98. The van der Waals surface area contributed by atoms with Gasteiger partial charge in [-0.15, -0.1) is 0 Å². The maximum absolute atomic E-state index is 13.9. The maximum atomic E-state index is 13.9. The summed E-state index contributed by atoms with van der Waals surface area (Å²) in [6, 6.07) is 11.6. The first-order valence-corrected chi connectivity index (χ1v) is 12.6. The molecule has 0 aromatic heterocycles. The molecule has 3 rings (SSSR count). The summed E-state index contributed by atoms with van der Waals surface area (Å²) in [4.78, 5) is 41.8. The zero-order valence-electron chi connectivity index (χ0n) is 22.5. The highest BCUT2D eigenvalue weighted by atomic mass is 16.6. The van der Waals surface area contributed by atoms with Gasteiger partial charge in [-0.25, -0.2) is 4.79 Å². The summed E-state index contributed by atoms with van der Waals surface area (Å²) >= 11 is 0. The topological polar surface area (TPSA) is 87.7 Å². The van der Waals surface area contributed by atoms with E-state index < -0.39 is 23.8 Å². The molecular weight excluding hydrogens is 454 g/mol. The highest BCUT2D eigenvalue weighted by molar-refractivity contribution is 5.99. The van der Waals surface area contributed by atoms with E-state index in [1.807, 2.05) is 63.2 Å². The molecule has 194 valence electrons. The molecule has 1 fully saturated rings. The number of aryl methyl sites for hydroxylation is 3. The molecule has 0 radical (unpaired) electrons. The Labute approximate surface area is 214 Å². The van der Waals surface area contributed by atoms with Crippen LogP contribution in [0.25, 0.3) is 0 Å². The normalized spacial score (nSPS) is 15.3. The third-order valence-corrected chi connectivity index (χ3v) is 6.60. The Morgan fingerprint density at radius 1 is 0.972 bits per heavy atom. The first-order chi connectivity index (χ1) is 16.9. The molecule has 36 heavy (non-hydrogen) atoms. The van der Waals surface area contributed by atoms with Gasteiger partial charge >= 0.3 is 6.09 Å². The molecule has 7 heteroatoms. The minimum absolute atomic E-state index is 0.0883. The van der Waals surface area contributed by atoms with Gasteiger partial charge in [-0.05, 0) is 96.0 Å². The third kappa shape index (κ3) is 6.65. The first-order valence-electron chi connectivity index (χ1n) is 12.6. The van der Waals surface area contributed by atoms with E-state index in [0.29, 0.717) is 5.69 Å². The predicted molar refractivity (Wildman–Crippen MR) is 142 cm³/mol. The third-order valence-electron chi connectivity index (χ3n) is 6.60. The van der Waals surface area contributed by atoms with Gasteiger partial charge in [0.2, 0.25) is 5.91 Å². The first kappa shape index (κ1) is 27.2. The van der Waals surface area contributed by atoms with E-state index in [0.717, 1.165) is 41.5 Å². The minimum Gasteiger partial charge on any atom is -0.444 e. The van der Waals surface area contributed by atoms with Gasteiger partial charge in [0.1, 0.15) is 17.7 Å². The van der Waals surface area contributed by atoms with Crippen LogP contribution in [0.1, 0.15) is 75.3 Å². The minimum atomic E-state index is -0.860. The van der Waals surface area contributed by atoms with Gasteiger partial charge in [0, 0.05) is 11.7 Å². The second kappa shape index (κ2) is 11.1. The molecule has 2 atom stereocenters. The van der Waals surface area contributed by atoms with Crippen molar-refractivity contribution in [2.45, 2.75) is 91.5 Å². The summed E-state index contributed by atoms with van der Waals surface area (Å²) in [5.74, 6) is -0.592. The lowest BCUT2D eigenvalue weighted by atomic mass is 9.87. The largest absolute Gasteiger partial charge is 0.444 e. The molecule has 1 saturated carbocycles. The number of carbonyl (C=O) groups is 3. The van der Waals surface area contributed by atoms with Gasteiger partial charge in [-0.3, -0.25) is 9.59 Å². The van der Waals surface area contributed by atoms with Crippen molar-refractivity contribution >= 4 is 23.6 Å². The fourth-order valence-electron chi connectivity index (χ4n) is 4.24. The molecule has 1 aliphatic carbocycles. The lowest BCUT2D eigenvalue weighted by Gasteiger charge is -2.43. The average molecular weight is 494 g/mol. The van der Waals surface area contributed by atoms with Crippen LogP contribution in [0.5, 0.6) is 0 Å². The number of hydrogen-bond acceptors (Lipinski definition) is 4. The molecule has 0 saturated heterocycles. The number of alkyl carbamates (subject to hydrolysis) is 1. The molecule has 0 spiro atoms. The lowest BCUT2D eigenvalue weighted by molar-refractivity contribution is -0.145. The van der Waals surface area contributed by atoms with Gasteiger partial charge < -0.3 is 20.3 Å². The highest BCUT2D eigenvalue weighted by Gasteiger charge is 2.41. The second-order valence-electron chi connectivity index (χ2n) is 10.7. The number of benzene rings is 2. The molecule has 2 unspecified atom stereocenters. The SMILES string of the molecule is Cc1ccc(C(C(=O)Nc2ccccc2C)N(C(=O)C(C)NC(=O)OC(C)(C)C)C2CCC2)cc1C. The van der Waals surface area contributed by atoms with E-state index in [1.54, 1.807) is 32.6 Å². The van der Waals surface area contributed by atoms with E-state index in [1.165, 1.54) is 0 Å². The van der Waals surface area contributed by atoms with Crippen LogP contribution in [0.3, 0.4) is 0 Å². The van der Waals surface area contributed by atoms with Crippen molar-refractivity contribution in [2.75, 3.05) is 5.32 Å². The number of ether oxygens (including phenoxy) is 1. The van der Waals surface area contributed by atoms with E-state index in [9.17, 15) is 14.4 Å². The molecule has 0 bridgehead atoms. The van der Waals surface area contributed by atoms with Crippen molar-refractivity contribution in [2.24, 2.45) is 0 Å². The van der Waals surface area contributed by atoms with Crippen LogP contribution in [0.4, 0.5) is 10.5 Å². The average Bonchev–Trinajstić information content (AvgIpc) is 2.74. The monoisotopic (exact) mass is 493 g/mol. The van der Waals surface area contributed by atoms with Crippen molar-refractivity contribution < 1.29 is 19.1 Å². The maximum Gasteiger partial charge on any atom is 0.408 e. The van der Waals surface area contributed by atoms with E-state index in [2.05, 4.69) is 10.6 Å². The van der Waals surface area contributed by atoms with Crippen molar-refractivity contribution in [1.29, 1.82) is 0 Å². The van der Waals surface area contributed by atoms with Crippen LogP contribution in [-0.4, -0.2) is 40.5 Å². The van der Waals surface area contributed by atoms with Crippen molar-refractivity contribution in [3.05, 3.63) is 64.7 Å². The van der Waals surface area contributed by atoms with Crippen LogP contribution >= 0.6 is 0 Å². The summed E-state index contributed by atoms with van der Waals surface area (Å²) in [5, 5.41) is 5.71. The van der Waals surface area contributed by atoms with E-state index in [4.69, 9.17) is 4.74 Å². The summed E-state index contributed by atoms with van der Waals surface area (Å²) < 4.78 is 5.35. The van der Waals surface area contributed by atoms with Crippen LogP contribution < -0.4 is 10.6 Å².